The Morgan fingerprint density at radius 1 is 1.10 bits per heavy atom. The first-order valence-electron chi connectivity index (χ1n) is 5.63. The van der Waals surface area contributed by atoms with Gasteiger partial charge in [0.2, 0.25) is 5.82 Å². The second-order valence-electron chi connectivity index (χ2n) is 4.56. The first kappa shape index (κ1) is 17.7. The van der Waals surface area contributed by atoms with Crippen molar-refractivity contribution in [2.45, 2.75) is 12.5 Å². The maximum Gasteiger partial charge on any atom is 0.257 e. The fourth-order valence-corrected chi connectivity index (χ4v) is 2.25. The Bertz CT molecular complexity index is 536. The summed E-state index contributed by atoms with van der Waals surface area (Å²) in [7, 11) is 0. The van der Waals surface area contributed by atoms with Gasteiger partial charge in [-0.15, -0.1) is 0 Å². The van der Waals surface area contributed by atoms with Crippen molar-refractivity contribution in [3.63, 3.8) is 0 Å². The number of carbonyl (C=O) groups excluding carboxylic acids is 1. The Balaban J connectivity index is 3.04. The van der Waals surface area contributed by atoms with Crippen LogP contribution < -0.4 is 5.32 Å². The van der Waals surface area contributed by atoms with Gasteiger partial charge >= 0.3 is 0 Å². The molecule has 0 saturated carbocycles. The minimum atomic E-state index is -2.34. The topological polar surface area (TPSA) is 49.3 Å². The summed E-state index contributed by atoms with van der Waals surface area (Å²) in [6, 6.07) is 0. The van der Waals surface area contributed by atoms with Crippen LogP contribution in [0.3, 0.4) is 0 Å². The van der Waals surface area contributed by atoms with Crippen LogP contribution in [0, 0.1) is 29.1 Å². The molecule has 9 heteroatoms. The van der Waals surface area contributed by atoms with Crippen LogP contribution in [-0.2, 0) is 0 Å². The zero-order valence-electron chi connectivity index (χ0n) is 11.1. The molecule has 3 nitrogen and oxygen atoms in total. The number of nitrogens with one attached hydrogen (secondary N) is 1. The Kier molecular flexibility index (Phi) is 5.57. The lowest BCUT2D eigenvalue weighted by Crippen LogP contribution is -2.43. The van der Waals surface area contributed by atoms with E-state index in [9.17, 15) is 31.9 Å². The summed E-state index contributed by atoms with van der Waals surface area (Å²) in [5.41, 5.74) is -2.97. The van der Waals surface area contributed by atoms with Gasteiger partial charge in [0, 0.05) is 12.3 Å². The monoisotopic (exact) mass is 329 g/mol. The van der Waals surface area contributed by atoms with Gasteiger partial charge in [0.15, 0.2) is 23.3 Å². The zero-order chi connectivity index (χ0) is 16.4. The predicted molar refractivity (Wildman–Crippen MR) is 67.6 cm³/mol. The second-order valence-corrected chi connectivity index (χ2v) is 5.42. The van der Waals surface area contributed by atoms with Crippen molar-refractivity contribution in [2.75, 3.05) is 18.6 Å². The molecule has 0 radical (unpaired) electrons. The van der Waals surface area contributed by atoms with Crippen LogP contribution in [0.1, 0.15) is 17.3 Å². The van der Waals surface area contributed by atoms with Crippen LogP contribution >= 0.6 is 11.8 Å². The fourth-order valence-electron chi connectivity index (χ4n) is 1.53. The number of aliphatic hydroxyl groups is 1. The van der Waals surface area contributed by atoms with Crippen molar-refractivity contribution in [2.24, 2.45) is 0 Å². The van der Waals surface area contributed by atoms with Crippen molar-refractivity contribution in [3.05, 3.63) is 34.6 Å². The molecule has 1 aromatic rings. The molecule has 0 aliphatic heterocycles. The van der Waals surface area contributed by atoms with Crippen LogP contribution in [0.4, 0.5) is 22.0 Å². The average molecular weight is 329 g/mol. The van der Waals surface area contributed by atoms with Crippen LogP contribution in [0.2, 0.25) is 0 Å². The van der Waals surface area contributed by atoms with E-state index in [2.05, 4.69) is 0 Å². The minimum absolute atomic E-state index is 0.199. The lowest BCUT2D eigenvalue weighted by molar-refractivity contribution is 0.0718. The Labute approximate surface area is 121 Å². The second kappa shape index (κ2) is 6.61. The lowest BCUT2D eigenvalue weighted by atomic mass is 10.1. The zero-order valence-corrected chi connectivity index (χ0v) is 11.9. The number of halogens is 5. The summed E-state index contributed by atoms with van der Waals surface area (Å²) in [6.07, 6.45) is 1.68. The molecule has 118 valence electrons. The fraction of sp³-hybridized carbons (Fsp3) is 0.417. The summed E-state index contributed by atoms with van der Waals surface area (Å²) in [5.74, 6) is -12.5. The molecule has 1 aromatic carbocycles. The number of amides is 1. The van der Waals surface area contributed by atoms with Gasteiger partial charge in [-0.2, -0.15) is 11.8 Å². The van der Waals surface area contributed by atoms with E-state index in [1.165, 1.54) is 18.7 Å². The number of hydrogen-bond acceptors (Lipinski definition) is 3. The highest BCUT2D eigenvalue weighted by Gasteiger charge is 2.30. The predicted octanol–water partition coefficient (Wildman–Crippen LogP) is 2.23. The maximum atomic E-state index is 13.4. The molecular weight excluding hydrogens is 317 g/mol. The van der Waals surface area contributed by atoms with E-state index >= 15 is 0 Å². The molecule has 0 bridgehead atoms. The van der Waals surface area contributed by atoms with Gasteiger partial charge in [-0.1, -0.05) is 0 Å². The van der Waals surface area contributed by atoms with Crippen LogP contribution in [-0.4, -0.2) is 35.2 Å². The van der Waals surface area contributed by atoms with E-state index in [0.29, 0.717) is 0 Å². The third-order valence-corrected chi connectivity index (χ3v) is 3.43. The summed E-state index contributed by atoms with van der Waals surface area (Å²) >= 11 is 1.25. The highest BCUT2D eigenvalue weighted by Crippen LogP contribution is 2.23. The van der Waals surface area contributed by atoms with E-state index in [4.69, 9.17) is 0 Å². The number of benzene rings is 1. The van der Waals surface area contributed by atoms with Gasteiger partial charge in [0.1, 0.15) is 5.56 Å². The third-order valence-electron chi connectivity index (χ3n) is 2.52. The van der Waals surface area contributed by atoms with Crippen molar-refractivity contribution in [1.29, 1.82) is 0 Å². The number of thioether (sulfide) groups is 1. The molecule has 21 heavy (non-hydrogen) atoms. The molecular formula is C12H12F5NO2S. The Morgan fingerprint density at radius 3 is 1.95 bits per heavy atom. The first-order chi connectivity index (χ1) is 9.62. The highest BCUT2D eigenvalue weighted by molar-refractivity contribution is 7.98. The van der Waals surface area contributed by atoms with Crippen LogP contribution in [0.25, 0.3) is 0 Å². The van der Waals surface area contributed by atoms with Crippen LogP contribution in [0.5, 0.6) is 0 Å². The van der Waals surface area contributed by atoms with Gasteiger partial charge in [-0.25, -0.2) is 22.0 Å². The third kappa shape index (κ3) is 3.85. The van der Waals surface area contributed by atoms with E-state index in [-0.39, 0.29) is 5.75 Å². The molecule has 0 spiro atoms. The molecule has 0 heterocycles. The first-order valence-corrected chi connectivity index (χ1v) is 7.02. The van der Waals surface area contributed by atoms with Gasteiger partial charge in [-0.3, -0.25) is 4.79 Å². The maximum absolute atomic E-state index is 13.4. The molecule has 0 saturated heterocycles. The van der Waals surface area contributed by atoms with Crippen molar-refractivity contribution in [3.8, 4) is 0 Å². The Morgan fingerprint density at radius 2 is 1.52 bits per heavy atom. The lowest BCUT2D eigenvalue weighted by Gasteiger charge is -2.22. The minimum Gasteiger partial charge on any atom is -0.387 e. The van der Waals surface area contributed by atoms with E-state index in [1.807, 2.05) is 5.32 Å². The van der Waals surface area contributed by atoms with E-state index < -0.39 is 52.7 Å². The molecule has 1 unspecified atom stereocenters. The van der Waals surface area contributed by atoms with Crippen molar-refractivity contribution in [1.82, 2.24) is 5.32 Å². The van der Waals surface area contributed by atoms with Crippen molar-refractivity contribution >= 4 is 17.7 Å². The molecule has 1 atom stereocenters. The van der Waals surface area contributed by atoms with Crippen molar-refractivity contribution < 1.29 is 31.9 Å². The normalized spacial score (nSPS) is 13.9. The number of carbonyl (C=O) groups is 1. The van der Waals surface area contributed by atoms with Crippen LogP contribution in [0.15, 0.2) is 0 Å². The van der Waals surface area contributed by atoms with Gasteiger partial charge in [0.05, 0.1) is 5.60 Å². The molecule has 2 N–H and O–H groups in total. The average Bonchev–Trinajstić information content (AvgIpc) is 2.41. The smallest absolute Gasteiger partial charge is 0.257 e. The Hall–Kier alpha value is -1.35. The molecule has 0 fully saturated rings. The largest absolute Gasteiger partial charge is 0.387 e. The molecule has 0 aromatic heterocycles. The van der Waals surface area contributed by atoms with E-state index in [0.717, 1.165) is 0 Å². The standard InChI is InChI=1S/C12H12F5NO2S/c1-12(20,4-21-2)3-18-11(19)5-6(13)8(15)10(17)9(16)7(5)14/h20H,3-4H2,1-2H3,(H,18,19). The van der Waals surface area contributed by atoms with Gasteiger partial charge < -0.3 is 10.4 Å². The van der Waals surface area contributed by atoms with Gasteiger partial charge in [0.25, 0.3) is 5.91 Å². The molecule has 0 aliphatic carbocycles. The highest BCUT2D eigenvalue weighted by atomic mass is 32.2. The number of rotatable bonds is 5. The number of hydrogen-bond donors (Lipinski definition) is 2. The summed E-state index contributed by atoms with van der Waals surface area (Å²) in [6.45, 7) is 0.939. The SMILES string of the molecule is CSCC(C)(O)CNC(=O)c1c(F)c(F)c(F)c(F)c1F. The summed E-state index contributed by atoms with van der Waals surface area (Å²) in [5, 5.41) is 11.7. The molecule has 0 aliphatic rings. The van der Waals surface area contributed by atoms with E-state index in [1.54, 1.807) is 6.26 Å². The summed E-state index contributed by atoms with van der Waals surface area (Å²) < 4.78 is 65.5. The quantitative estimate of drug-likeness (QED) is 0.495. The molecule has 1 rings (SSSR count). The molecule has 1 amide bonds. The van der Waals surface area contributed by atoms with Gasteiger partial charge in [-0.05, 0) is 13.2 Å². The summed E-state index contributed by atoms with van der Waals surface area (Å²) in [4.78, 5) is 11.6.